The molecular weight excluding hydrogens is 356 g/mol. The number of aryl methyl sites for hydroxylation is 2. The van der Waals surface area contributed by atoms with Gasteiger partial charge in [0.05, 0.1) is 0 Å². The van der Waals surface area contributed by atoms with Crippen molar-refractivity contribution in [2.75, 3.05) is 0 Å². The van der Waals surface area contributed by atoms with Crippen molar-refractivity contribution >= 4 is 0 Å². The molecule has 0 saturated heterocycles. The minimum atomic E-state index is 0.204. The SMILES string of the molecule is CCCc1cccc(C(C)Cc2ccc(O)c(-c3cc(CCC)ccc3O)c2)c1. The summed E-state index contributed by atoms with van der Waals surface area (Å²) in [5.41, 5.74) is 6.47. The minimum Gasteiger partial charge on any atom is -0.507 e. The van der Waals surface area contributed by atoms with Crippen LogP contribution in [0.4, 0.5) is 0 Å². The molecule has 1 unspecified atom stereocenters. The minimum absolute atomic E-state index is 0.204. The third-order valence-corrected chi connectivity index (χ3v) is 5.55. The Labute approximate surface area is 174 Å². The first-order valence-electron chi connectivity index (χ1n) is 10.7. The topological polar surface area (TPSA) is 40.5 Å². The van der Waals surface area contributed by atoms with Crippen molar-refractivity contribution < 1.29 is 10.2 Å². The fraction of sp³-hybridized carbons (Fsp3) is 0.333. The standard InChI is InChI=1S/C27H32O2/c1-4-7-20-9-6-10-23(16-20)19(3)15-22-12-14-27(29)25(18-22)24-17-21(8-5-2)11-13-26(24)28/h6,9-14,16-19,28-29H,4-5,7-8,15H2,1-3H3. The number of hydrogen-bond donors (Lipinski definition) is 2. The van der Waals surface area contributed by atoms with E-state index >= 15 is 0 Å². The molecule has 3 aromatic carbocycles. The van der Waals surface area contributed by atoms with Crippen LogP contribution in [0.25, 0.3) is 11.1 Å². The summed E-state index contributed by atoms with van der Waals surface area (Å²) in [5, 5.41) is 20.9. The highest BCUT2D eigenvalue weighted by Gasteiger charge is 2.13. The van der Waals surface area contributed by atoms with Crippen LogP contribution < -0.4 is 0 Å². The van der Waals surface area contributed by atoms with Crippen molar-refractivity contribution in [3.8, 4) is 22.6 Å². The van der Waals surface area contributed by atoms with E-state index < -0.39 is 0 Å². The predicted molar refractivity (Wildman–Crippen MR) is 122 cm³/mol. The summed E-state index contributed by atoms with van der Waals surface area (Å²) >= 11 is 0. The average Bonchev–Trinajstić information content (AvgIpc) is 2.71. The van der Waals surface area contributed by atoms with Gasteiger partial charge < -0.3 is 10.2 Å². The van der Waals surface area contributed by atoms with Gasteiger partial charge in [0.25, 0.3) is 0 Å². The molecule has 0 amide bonds. The molecule has 0 fully saturated rings. The molecule has 2 heteroatoms. The number of rotatable bonds is 8. The van der Waals surface area contributed by atoms with E-state index in [0.717, 1.165) is 37.7 Å². The van der Waals surface area contributed by atoms with Crippen molar-refractivity contribution in [3.05, 3.63) is 82.9 Å². The fourth-order valence-corrected chi connectivity index (χ4v) is 3.98. The number of hydrogen-bond acceptors (Lipinski definition) is 2. The molecule has 1 atom stereocenters. The van der Waals surface area contributed by atoms with Crippen LogP contribution in [0.15, 0.2) is 60.7 Å². The molecule has 0 radical (unpaired) electrons. The summed E-state index contributed by atoms with van der Waals surface area (Å²) in [6.07, 6.45) is 5.15. The van der Waals surface area contributed by atoms with E-state index in [0.29, 0.717) is 17.0 Å². The predicted octanol–water partition coefficient (Wildman–Crippen LogP) is 7.02. The van der Waals surface area contributed by atoms with Gasteiger partial charge >= 0.3 is 0 Å². The van der Waals surface area contributed by atoms with Crippen LogP contribution in [-0.4, -0.2) is 10.2 Å². The Balaban J connectivity index is 1.88. The molecule has 0 spiro atoms. The lowest BCUT2D eigenvalue weighted by Crippen LogP contribution is -2.00. The summed E-state index contributed by atoms with van der Waals surface area (Å²) in [6.45, 7) is 6.59. The molecule has 3 rings (SSSR count). The Morgan fingerprint density at radius 3 is 1.86 bits per heavy atom. The summed E-state index contributed by atoms with van der Waals surface area (Å²) in [6, 6.07) is 20.3. The highest BCUT2D eigenvalue weighted by Crippen LogP contribution is 2.37. The molecule has 0 aliphatic heterocycles. The molecule has 0 aliphatic rings. The van der Waals surface area contributed by atoms with E-state index in [2.05, 4.69) is 45.0 Å². The van der Waals surface area contributed by atoms with E-state index in [1.54, 1.807) is 12.1 Å². The van der Waals surface area contributed by atoms with Crippen LogP contribution in [0, 0.1) is 0 Å². The Morgan fingerprint density at radius 1 is 0.690 bits per heavy atom. The van der Waals surface area contributed by atoms with Crippen LogP contribution in [0.2, 0.25) is 0 Å². The van der Waals surface area contributed by atoms with Gasteiger partial charge in [0, 0.05) is 11.1 Å². The number of phenols is 2. The summed E-state index contributed by atoms with van der Waals surface area (Å²) in [7, 11) is 0. The molecule has 0 saturated carbocycles. The van der Waals surface area contributed by atoms with Gasteiger partial charge in [-0.25, -0.2) is 0 Å². The number of benzene rings is 3. The molecule has 0 aromatic heterocycles. The van der Waals surface area contributed by atoms with E-state index in [1.807, 2.05) is 24.3 Å². The van der Waals surface area contributed by atoms with Gasteiger partial charge in [0.2, 0.25) is 0 Å². The maximum atomic E-state index is 10.5. The maximum Gasteiger partial charge on any atom is 0.123 e. The van der Waals surface area contributed by atoms with Crippen molar-refractivity contribution in [2.45, 2.75) is 58.8 Å². The summed E-state index contributed by atoms with van der Waals surface area (Å²) in [5.74, 6) is 0.789. The Hall–Kier alpha value is -2.74. The third-order valence-electron chi connectivity index (χ3n) is 5.55. The second-order valence-electron chi connectivity index (χ2n) is 8.05. The maximum absolute atomic E-state index is 10.5. The fourth-order valence-electron chi connectivity index (χ4n) is 3.98. The van der Waals surface area contributed by atoms with Crippen LogP contribution >= 0.6 is 0 Å². The lowest BCUT2D eigenvalue weighted by molar-refractivity contribution is 0.469. The number of aromatic hydroxyl groups is 2. The van der Waals surface area contributed by atoms with Crippen molar-refractivity contribution in [3.63, 3.8) is 0 Å². The zero-order chi connectivity index (χ0) is 20.8. The van der Waals surface area contributed by atoms with E-state index in [4.69, 9.17) is 0 Å². The molecule has 2 N–H and O–H groups in total. The van der Waals surface area contributed by atoms with Crippen LogP contribution in [-0.2, 0) is 19.3 Å². The van der Waals surface area contributed by atoms with E-state index in [1.165, 1.54) is 16.7 Å². The monoisotopic (exact) mass is 388 g/mol. The Kier molecular flexibility index (Phi) is 6.98. The van der Waals surface area contributed by atoms with Gasteiger partial charge in [-0.15, -0.1) is 0 Å². The highest BCUT2D eigenvalue weighted by atomic mass is 16.3. The largest absolute Gasteiger partial charge is 0.507 e. The first-order chi connectivity index (χ1) is 14.0. The molecule has 152 valence electrons. The molecular formula is C27H32O2. The van der Waals surface area contributed by atoms with Crippen LogP contribution in [0.3, 0.4) is 0 Å². The molecule has 0 bridgehead atoms. The van der Waals surface area contributed by atoms with E-state index in [9.17, 15) is 10.2 Å². The first-order valence-corrected chi connectivity index (χ1v) is 10.7. The van der Waals surface area contributed by atoms with Crippen LogP contribution in [0.1, 0.15) is 61.8 Å². The molecule has 2 nitrogen and oxygen atoms in total. The normalized spacial score (nSPS) is 12.1. The smallest absolute Gasteiger partial charge is 0.123 e. The highest BCUT2D eigenvalue weighted by molar-refractivity contribution is 5.76. The Bertz CT molecular complexity index is 959. The first kappa shape index (κ1) is 21.0. The quantitative estimate of drug-likeness (QED) is 0.435. The van der Waals surface area contributed by atoms with Crippen molar-refractivity contribution in [2.24, 2.45) is 0 Å². The lowest BCUT2D eigenvalue weighted by atomic mass is 9.90. The third kappa shape index (κ3) is 5.20. The number of phenolic OH excluding ortho intramolecular Hbond substituents is 2. The molecule has 29 heavy (non-hydrogen) atoms. The van der Waals surface area contributed by atoms with Gasteiger partial charge in [0.1, 0.15) is 11.5 Å². The van der Waals surface area contributed by atoms with Crippen LogP contribution in [0.5, 0.6) is 11.5 Å². The second kappa shape index (κ2) is 9.65. The lowest BCUT2D eigenvalue weighted by Gasteiger charge is -2.16. The summed E-state index contributed by atoms with van der Waals surface area (Å²) < 4.78 is 0. The summed E-state index contributed by atoms with van der Waals surface area (Å²) in [4.78, 5) is 0. The van der Waals surface area contributed by atoms with Crippen molar-refractivity contribution in [1.29, 1.82) is 0 Å². The molecule has 0 aliphatic carbocycles. The van der Waals surface area contributed by atoms with Crippen molar-refractivity contribution in [1.82, 2.24) is 0 Å². The van der Waals surface area contributed by atoms with Gasteiger partial charge in [-0.05, 0) is 71.7 Å². The van der Waals surface area contributed by atoms with Gasteiger partial charge in [-0.2, -0.15) is 0 Å². The zero-order valence-electron chi connectivity index (χ0n) is 17.8. The van der Waals surface area contributed by atoms with Gasteiger partial charge in [-0.1, -0.05) is 70.0 Å². The van der Waals surface area contributed by atoms with Gasteiger partial charge in [0.15, 0.2) is 0 Å². The van der Waals surface area contributed by atoms with E-state index in [-0.39, 0.29) is 11.5 Å². The second-order valence-corrected chi connectivity index (χ2v) is 8.05. The average molecular weight is 389 g/mol. The zero-order valence-corrected chi connectivity index (χ0v) is 17.8. The molecule has 0 heterocycles. The molecule has 3 aromatic rings. The Morgan fingerprint density at radius 2 is 1.24 bits per heavy atom. The van der Waals surface area contributed by atoms with Gasteiger partial charge in [-0.3, -0.25) is 0 Å².